The zero-order chi connectivity index (χ0) is 16.2. The maximum absolute atomic E-state index is 11.2. The van der Waals surface area contributed by atoms with Crippen LogP contribution in [0.4, 0.5) is 0 Å². The molecule has 0 fully saturated rings. The molecule has 0 radical (unpaired) electrons. The van der Waals surface area contributed by atoms with Gasteiger partial charge in [-0.05, 0) is 36.4 Å². The lowest BCUT2D eigenvalue weighted by Gasteiger charge is -2.04. The van der Waals surface area contributed by atoms with Crippen LogP contribution >= 0.6 is 0 Å². The van der Waals surface area contributed by atoms with Crippen molar-refractivity contribution in [3.05, 3.63) is 48.5 Å². The highest BCUT2D eigenvalue weighted by Crippen LogP contribution is 2.30. The number of benzene rings is 2. The highest BCUT2D eigenvalue weighted by atomic mass is 16.5. The van der Waals surface area contributed by atoms with Gasteiger partial charge in [-0.25, -0.2) is 0 Å². The Bertz CT molecular complexity index is 825. The summed E-state index contributed by atoms with van der Waals surface area (Å²) in [5.41, 5.74) is 1.36. The Morgan fingerprint density at radius 2 is 1.83 bits per heavy atom. The van der Waals surface area contributed by atoms with Gasteiger partial charge in [0.05, 0.1) is 12.7 Å². The van der Waals surface area contributed by atoms with Gasteiger partial charge in [-0.1, -0.05) is 17.3 Å². The molecule has 0 spiro atoms. The van der Waals surface area contributed by atoms with Gasteiger partial charge in [0.2, 0.25) is 5.82 Å². The molecular weight excluding hydrogens is 296 g/mol. The Kier molecular flexibility index (Phi) is 4.05. The van der Waals surface area contributed by atoms with Gasteiger partial charge < -0.3 is 14.0 Å². The molecule has 1 aromatic heterocycles. The van der Waals surface area contributed by atoms with Gasteiger partial charge in [-0.15, -0.1) is 0 Å². The van der Waals surface area contributed by atoms with Gasteiger partial charge in [0.15, 0.2) is 0 Å². The molecule has 0 saturated carbocycles. The van der Waals surface area contributed by atoms with Crippen molar-refractivity contribution in [1.82, 2.24) is 10.1 Å². The molecule has 116 valence electrons. The van der Waals surface area contributed by atoms with Gasteiger partial charge in [-0.2, -0.15) is 4.98 Å². The second kappa shape index (κ2) is 6.31. The number of nitrogens with zero attached hydrogens (tertiary/aromatic N) is 2. The fourth-order valence-corrected chi connectivity index (χ4v) is 2.08. The molecule has 23 heavy (non-hydrogen) atoms. The fraction of sp³-hybridized carbons (Fsp3) is 0.118. The van der Waals surface area contributed by atoms with E-state index < -0.39 is 5.97 Å². The topological polar surface area (TPSA) is 74.5 Å². The van der Waals surface area contributed by atoms with Crippen molar-refractivity contribution in [3.8, 4) is 34.3 Å². The minimum Gasteiger partial charge on any atom is -0.497 e. The number of ether oxygens (including phenoxy) is 2. The molecule has 3 aromatic rings. The Hall–Kier alpha value is -3.15. The standard InChI is InChI=1S/C17H14N2O4/c1-11(20)22-15-6-4-3-5-14(15)17-18-16(19-23-17)12-7-9-13(21-2)10-8-12/h3-10H,1-2H3. The van der Waals surface area contributed by atoms with E-state index in [2.05, 4.69) is 10.1 Å². The number of carbonyl (C=O) groups is 1. The number of rotatable bonds is 4. The average molecular weight is 310 g/mol. The normalized spacial score (nSPS) is 10.3. The molecule has 0 aliphatic carbocycles. The second-order valence-corrected chi connectivity index (χ2v) is 4.74. The number of esters is 1. The third-order valence-corrected chi connectivity index (χ3v) is 3.15. The van der Waals surface area contributed by atoms with Gasteiger partial charge >= 0.3 is 5.97 Å². The van der Waals surface area contributed by atoms with Crippen LogP contribution in [0.3, 0.4) is 0 Å². The molecule has 0 bridgehead atoms. The lowest BCUT2D eigenvalue weighted by Crippen LogP contribution is -2.02. The summed E-state index contributed by atoms with van der Waals surface area (Å²) in [6.45, 7) is 1.34. The average Bonchev–Trinajstić information content (AvgIpc) is 3.05. The van der Waals surface area contributed by atoms with Gasteiger partial charge in [0, 0.05) is 12.5 Å². The number of methoxy groups -OCH3 is 1. The first-order valence-electron chi connectivity index (χ1n) is 6.93. The Morgan fingerprint density at radius 1 is 1.09 bits per heavy atom. The molecule has 0 amide bonds. The molecule has 2 aromatic carbocycles. The molecule has 0 N–H and O–H groups in total. The lowest BCUT2D eigenvalue weighted by atomic mass is 10.2. The fourth-order valence-electron chi connectivity index (χ4n) is 2.08. The van der Waals surface area contributed by atoms with E-state index in [9.17, 15) is 4.79 Å². The van der Waals surface area contributed by atoms with Crippen LogP contribution in [0.25, 0.3) is 22.8 Å². The number of carbonyl (C=O) groups excluding carboxylic acids is 1. The highest BCUT2D eigenvalue weighted by Gasteiger charge is 2.15. The molecule has 0 atom stereocenters. The minimum absolute atomic E-state index is 0.285. The van der Waals surface area contributed by atoms with E-state index in [1.54, 1.807) is 31.4 Å². The molecule has 0 aliphatic rings. The van der Waals surface area contributed by atoms with Crippen molar-refractivity contribution >= 4 is 5.97 Å². The summed E-state index contributed by atoms with van der Waals surface area (Å²) in [4.78, 5) is 15.5. The predicted molar refractivity (Wildman–Crippen MR) is 83.0 cm³/mol. The number of hydrogen-bond acceptors (Lipinski definition) is 6. The predicted octanol–water partition coefficient (Wildman–Crippen LogP) is 3.34. The largest absolute Gasteiger partial charge is 0.497 e. The van der Waals surface area contributed by atoms with E-state index in [0.29, 0.717) is 17.1 Å². The van der Waals surface area contributed by atoms with Crippen molar-refractivity contribution in [3.63, 3.8) is 0 Å². The number of aromatic nitrogens is 2. The van der Waals surface area contributed by atoms with E-state index in [1.807, 2.05) is 24.3 Å². The summed E-state index contributed by atoms with van der Waals surface area (Å²) in [6.07, 6.45) is 0. The number of para-hydroxylation sites is 1. The monoisotopic (exact) mass is 310 g/mol. The Labute approximate surface area is 132 Å². The molecule has 6 heteroatoms. The smallest absolute Gasteiger partial charge is 0.308 e. The quantitative estimate of drug-likeness (QED) is 0.543. The van der Waals surface area contributed by atoms with E-state index in [1.165, 1.54) is 6.92 Å². The van der Waals surface area contributed by atoms with Crippen molar-refractivity contribution < 1.29 is 18.8 Å². The van der Waals surface area contributed by atoms with Crippen LogP contribution in [0, 0.1) is 0 Å². The molecule has 0 unspecified atom stereocenters. The summed E-state index contributed by atoms with van der Waals surface area (Å²) in [5, 5.41) is 3.97. The minimum atomic E-state index is -0.410. The molecule has 6 nitrogen and oxygen atoms in total. The highest BCUT2D eigenvalue weighted by molar-refractivity contribution is 5.74. The van der Waals surface area contributed by atoms with Crippen LogP contribution in [0.15, 0.2) is 53.1 Å². The summed E-state index contributed by atoms with van der Waals surface area (Å²) in [7, 11) is 1.60. The first-order chi connectivity index (χ1) is 11.2. The van der Waals surface area contributed by atoms with Crippen molar-refractivity contribution in [1.29, 1.82) is 0 Å². The van der Waals surface area contributed by atoms with Gasteiger partial charge in [-0.3, -0.25) is 4.79 Å². The summed E-state index contributed by atoms with van der Waals surface area (Å²) in [6, 6.07) is 14.3. The summed E-state index contributed by atoms with van der Waals surface area (Å²) >= 11 is 0. The van der Waals surface area contributed by atoms with Crippen LogP contribution in [-0.4, -0.2) is 23.2 Å². The van der Waals surface area contributed by atoms with Crippen molar-refractivity contribution in [2.24, 2.45) is 0 Å². The number of hydrogen-bond donors (Lipinski definition) is 0. The molecular formula is C17H14N2O4. The van der Waals surface area contributed by atoms with E-state index in [0.717, 1.165) is 11.3 Å². The van der Waals surface area contributed by atoms with Crippen LogP contribution in [0.5, 0.6) is 11.5 Å². The van der Waals surface area contributed by atoms with Gasteiger partial charge in [0.25, 0.3) is 5.89 Å². The van der Waals surface area contributed by atoms with Gasteiger partial charge in [0.1, 0.15) is 11.5 Å². The molecule has 0 saturated heterocycles. The lowest BCUT2D eigenvalue weighted by molar-refractivity contribution is -0.131. The van der Waals surface area contributed by atoms with E-state index >= 15 is 0 Å². The van der Waals surface area contributed by atoms with Crippen LogP contribution in [-0.2, 0) is 4.79 Å². The molecule has 0 aliphatic heterocycles. The Morgan fingerprint density at radius 3 is 2.52 bits per heavy atom. The maximum Gasteiger partial charge on any atom is 0.308 e. The summed E-state index contributed by atoms with van der Waals surface area (Å²) in [5.74, 6) is 1.45. The van der Waals surface area contributed by atoms with Crippen molar-refractivity contribution in [2.75, 3.05) is 7.11 Å². The first-order valence-corrected chi connectivity index (χ1v) is 6.93. The van der Waals surface area contributed by atoms with E-state index in [4.69, 9.17) is 14.0 Å². The summed E-state index contributed by atoms with van der Waals surface area (Å²) < 4.78 is 15.6. The first kappa shape index (κ1) is 14.8. The van der Waals surface area contributed by atoms with Crippen molar-refractivity contribution in [2.45, 2.75) is 6.92 Å². The molecule has 1 heterocycles. The van der Waals surface area contributed by atoms with Crippen LogP contribution in [0.2, 0.25) is 0 Å². The third-order valence-electron chi connectivity index (χ3n) is 3.15. The second-order valence-electron chi connectivity index (χ2n) is 4.74. The zero-order valence-electron chi connectivity index (χ0n) is 12.6. The maximum atomic E-state index is 11.2. The van der Waals surface area contributed by atoms with E-state index in [-0.39, 0.29) is 5.89 Å². The Balaban J connectivity index is 1.94. The SMILES string of the molecule is COc1ccc(-c2noc(-c3ccccc3OC(C)=O)n2)cc1. The third kappa shape index (κ3) is 3.21. The zero-order valence-corrected chi connectivity index (χ0v) is 12.6. The molecule has 3 rings (SSSR count). The van der Waals surface area contributed by atoms with Crippen LogP contribution in [0.1, 0.15) is 6.92 Å². The van der Waals surface area contributed by atoms with Crippen LogP contribution < -0.4 is 9.47 Å².